The average Bonchev–Trinajstić information content (AvgIpc) is 2.44. The summed E-state index contributed by atoms with van der Waals surface area (Å²) in [6, 6.07) is 7.98. The number of ether oxygens (including phenoxy) is 1. The van der Waals surface area contributed by atoms with Crippen LogP contribution in [0.5, 0.6) is 0 Å². The van der Waals surface area contributed by atoms with Crippen LogP contribution in [0.3, 0.4) is 0 Å². The highest BCUT2D eigenvalue weighted by Gasteiger charge is 2.26. The molecule has 3 N–H and O–H groups in total. The molecule has 0 bridgehead atoms. The maximum atomic E-state index is 7.85. The van der Waals surface area contributed by atoms with Gasteiger partial charge < -0.3 is 15.4 Å². The van der Waals surface area contributed by atoms with Crippen LogP contribution in [-0.4, -0.2) is 36.1 Å². The zero-order chi connectivity index (χ0) is 15.0. The van der Waals surface area contributed by atoms with Crippen molar-refractivity contribution in [3.05, 3.63) is 36.0 Å². The van der Waals surface area contributed by atoms with Gasteiger partial charge in [0.05, 0.1) is 29.0 Å². The molecule has 2 unspecified atom stereocenters. The van der Waals surface area contributed by atoms with Crippen molar-refractivity contribution in [2.75, 3.05) is 18.0 Å². The Kier molecular flexibility index (Phi) is 3.51. The van der Waals surface area contributed by atoms with Crippen LogP contribution < -0.4 is 10.6 Å². The first-order chi connectivity index (χ1) is 10.1. The number of nitrogens with one attached hydrogen (secondary N) is 1. The summed E-state index contributed by atoms with van der Waals surface area (Å²) in [5.41, 5.74) is 8.37. The zero-order valence-corrected chi connectivity index (χ0v) is 12.3. The van der Waals surface area contributed by atoms with E-state index in [0.717, 1.165) is 29.7 Å². The third kappa shape index (κ3) is 2.56. The topological polar surface area (TPSA) is 75.2 Å². The van der Waals surface area contributed by atoms with Gasteiger partial charge in [0.25, 0.3) is 0 Å². The van der Waals surface area contributed by atoms with Crippen molar-refractivity contribution in [2.24, 2.45) is 5.73 Å². The molecule has 5 heteroatoms. The lowest BCUT2D eigenvalue weighted by atomic mass is 10.1. The van der Waals surface area contributed by atoms with Gasteiger partial charge in [-0.1, -0.05) is 18.2 Å². The van der Waals surface area contributed by atoms with E-state index in [9.17, 15) is 0 Å². The van der Waals surface area contributed by atoms with Gasteiger partial charge in [-0.3, -0.25) is 10.4 Å². The zero-order valence-electron chi connectivity index (χ0n) is 12.3. The first kappa shape index (κ1) is 13.8. The molecule has 1 aliphatic heterocycles. The fourth-order valence-corrected chi connectivity index (χ4v) is 3.03. The van der Waals surface area contributed by atoms with Gasteiger partial charge in [-0.05, 0) is 19.9 Å². The van der Waals surface area contributed by atoms with E-state index in [4.69, 9.17) is 15.9 Å². The minimum absolute atomic E-state index is 0.0510. The average molecular weight is 284 g/mol. The third-order valence-corrected chi connectivity index (χ3v) is 3.77. The standard InChI is InChI=1S/C16H20N4O/c1-10-8-20(9-11(2)21-10)15-12-5-3-4-6-14(12)19-7-13(15)16(17)18/h3-7,10-11H,8-9H2,1-2H3,(H3,17,18). The second kappa shape index (κ2) is 5.33. The van der Waals surface area contributed by atoms with E-state index >= 15 is 0 Å². The first-order valence-corrected chi connectivity index (χ1v) is 7.19. The number of hydrogen-bond donors (Lipinski definition) is 2. The smallest absolute Gasteiger partial charge is 0.126 e. The number of anilines is 1. The molecule has 1 saturated heterocycles. The van der Waals surface area contributed by atoms with Crippen LogP contribution in [0, 0.1) is 5.41 Å². The number of aromatic nitrogens is 1. The Morgan fingerprint density at radius 1 is 1.29 bits per heavy atom. The van der Waals surface area contributed by atoms with Gasteiger partial charge in [0.2, 0.25) is 0 Å². The van der Waals surface area contributed by atoms with Crippen LogP contribution in [0.2, 0.25) is 0 Å². The molecular weight excluding hydrogens is 264 g/mol. The number of nitrogens with zero attached hydrogens (tertiary/aromatic N) is 2. The lowest BCUT2D eigenvalue weighted by molar-refractivity contribution is -0.00514. The fourth-order valence-electron chi connectivity index (χ4n) is 3.03. The number of amidine groups is 1. The van der Waals surface area contributed by atoms with E-state index in [1.807, 2.05) is 24.3 Å². The highest BCUT2D eigenvalue weighted by atomic mass is 16.5. The maximum Gasteiger partial charge on any atom is 0.126 e. The summed E-state index contributed by atoms with van der Waals surface area (Å²) in [5, 5.41) is 8.88. The number of benzene rings is 1. The van der Waals surface area contributed by atoms with Crippen LogP contribution in [0.25, 0.3) is 10.9 Å². The predicted molar refractivity (Wildman–Crippen MR) is 85.0 cm³/mol. The lowest BCUT2D eigenvalue weighted by Gasteiger charge is -2.38. The molecule has 1 fully saturated rings. The molecule has 0 aliphatic carbocycles. The van der Waals surface area contributed by atoms with Crippen molar-refractivity contribution in [1.29, 1.82) is 5.41 Å². The van der Waals surface area contributed by atoms with Gasteiger partial charge in [-0.15, -0.1) is 0 Å². The van der Waals surface area contributed by atoms with E-state index in [0.29, 0.717) is 5.56 Å². The van der Waals surface area contributed by atoms with Gasteiger partial charge in [-0.2, -0.15) is 0 Å². The second-order valence-corrected chi connectivity index (χ2v) is 5.61. The number of para-hydroxylation sites is 1. The Morgan fingerprint density at radius 2 is 1.95 bits per heavy atom. The molecule has 21 heavy (non-hydrogen) atoms. The van der Waals surface area contributed by atoms with Crippen molar-refractivity contribution >= 4 is 22.4 Å². The number of rotatable bonds is 2. The minimum Gasteiger partial charge on any atom is -0.384 e. The van der Waals surface area contributed by atoms with Crippen molar-refractivity contribution in [3.8, 4) is 0 Å². The van der Waals surface area contributed by atoms with Crippen LogP contribution in [0.4, 0.5) is 5.69 Å². The van der Waals surface area contributed by atoms with Crippen LogP contribution in [-0.2, 0) is 4.74 Å². The predicted octanol–water partition coefficient (Wildman–Crippen LogP) is 2.13. The van der Waals surface area contributed by atoms with Gasteiger partial charge >= 0.3 is 0 Å². The highest BCUT2D eigenvalue weighted by Crippen LogP contribution is 2.31. The Bertz CT molecular complexity index is 675. The maximum absolute atomic E-state index is 7.85. The van der Waals surface area contributed by atoms with Crippen molar-refractivity contribution in [1.82, 2.24) is 4.98 Å². The fraction of sp³-hybridized carbons (Fsp3) is 0.375. The molecule has 2 aromatic rings. The summed E-state index contributed by atoms with van der Waals surface area (Å²) >= 11 is 0. The lowest BCUT2D eigenvalue weighted by Crippen LogP contribution is -2.46. The molecule has 1 aromatic heterocycles. The Morgan fingerprint density at radius 3 is 2.62 bits per heavy atom. The monoisotopic (exact) mass is 284 g/mol. The largest absolute Gasteiger partial charge is 0.384 e. The number of nitrogens with two attached hydrogens (primary N) is 1. The van der Waals surface area contributed by atoms with E-state index in [2.05, 4.69) is 23.7 Å². The van der Waals surface area contributed by atoms with Gasteiger partial charge in [0.1, 0.15) is 5.84 Å². The SMILES string of the molecule is CC1CN(c2c(C(=N)N)cnc3ccccc23)CC(C)O1. The van der Waals surface area contributed by atoms with E-state index in [-0.39, 0.29) is 18.0 Å². The molecule has 1 aliphatic rings. The van der Waals surface area contributed by atoms with E-state index in [1.54, 1.807) is 6.20 Å². The first-order valence-electron chi connectivity index (χ1n) is 7.19. The van der Waals surface area contributed by atoms with Crippen molar-refractivity contribution in [3.63, 3.8) is 0 Å². The molecule has 0 amide bonds. The van der Waals surface area contributed by atoms with Gasteiger partial charge in [0, 0.05) is 24.7 Å². The number of morpholine rings is 1. The molecule has 110 valence electrons. The number of hydrogen-bond acceptors (Lipinski definition) is 4. The van der Waals surface area contributed by atoms with Crippen LogP contribution in [0.1, 0.15) is 19.4 Å². The third-order valence-electron chi connectivity index (χ3n) is 3.77. The summed E-state index contributed by atoms with van der Waals surface area (Å²) in [6.07, 6.45) is 2.01. The van der Waals surface area contributed by atoms with Crippen molar-refractivity contribution < 1.29 is 4.74 Å². The molecule has 1 aromatic carbocycles. The summed E-state index contributed by atoms with van der Waals surface area (Å²) in [6.45, 7) is 5.72. The number of pyridine rings is 1. The van der Waals surface area contributed by atoms with Crippen LogP contribution >= 0.6 is 0 Å². The molecule has 2 atom stereocenters. The number of fused-ring (bicyclic) bond motifs is 1. The second-order valence-electron chi connectivity index (χ2n) is 5.61. The van der Waals surface area contributed by atoms with E-state index in [1.165, 1.54) is 0 Å². The molecule has 0 radical (unpaired) electrons. The quantitative estimate of drug-likeness (QED) is 0.654. The minimum atomic E-state index is 0.0510. The van der Waals surface area contributed by atoms with Crippen molar-refractivity contribution in [2.45, 2.75) is 26.1 Å². The summed E-state index contributed by atoms with van der Waals surface area (Å²) in [7, 11) is 0. The Hall–Kier alpha value is -2.14. The highest BCUT2D eigenvalue weighted by molar-refractivity contribution is 6.07. The van der Waals surface area contributed by atoms with Gasteiger partial charge in [0.15, 0.2) is 0 Å². The molecule has 3 rings (SSSR count). The molecule has 5 nitrogen and oxygen atoms in total. The molecular formula is C16H20N4O. The molecule has 0 saturated carbocycles. The van der Waals surface area contributed by atoms with Crippen LogP contribution in [0.15, 0.2) is 30.5 Å². The molecule has 0 spiro atoms. The summed E-state index contributed by atoms with van der Waals surface area (Å²) in [4.78, 5) is 6.68. The van der Waals surface area contributed by atoms with E-state index < -0.39 is 0 Å². The Labute approximate surface area is 124 Å². The normalized spacial score (nSPS) is 22.5. The van der Waals surface area contributed by atoms with Gasteiger partial charge in [-0.25, -0.2) is 0 Å². The summed E-state index contributed by atoms with van der Waals surface area (Å²) < 4.78 is 5.81. The Balaban J connectivity index is 2.18. The molecule has 2 heterocycles. The summed E-state index contributed by atoms with van der Waals surface area (Å²) in [5.74, 6) is 0.0510. The number of nitrogen functional groups attached to an aromatic ring is 1.